The number of hydrogen-bond donors (Lipinski definition) is 1. The van der Waals surface area contributed by atoms with Gasteiger partial charge >= 0.3 is 5.97 Å². The molecule has 1 aliphatic rings. The lowest BCUT2D eigenvalue weighted by molar-refractivity contribution is -0.157. The van der Waals surface area contributed by atoms with Crippen LogP contribution < -0.4 is 5.32 Å². The maximum atomic E-state index is 12.3. The summed E-state index contributed by atoms with van der Waals surface area (Å²) in [6.07, 6.45) is 5.20. The van der Waals surface area contributed by atoms with Crippen LogP contribution in [0.5, 0.6) is 0 Å². The Morgan fingerprint density at radius 1 is 1.08 bits per heavy atom. The van der Waals surface area contributed by atoms with Crippen LogP contribution in [0, 0.1) is 5.92 Å². The number of esters is 1. The molecule has 1 saturated carbocycles. The van der Waals surface area contributed by atoms with Crippen LogP contribution in [0.4, 0.5) is 0 Å². The summed E-state index contributed by atoms with van der Waals surface area (Å²) in [5.74, 6) is -1.48. The summed E-state index contributed by atoms with van der Waals surface area (Å²) < 4.78 is 5.50. The van der Waals surface area contributed by atoms with Gasteiger partial charge in [-0.25, -0.2) is 0 Å². The molecule has 0 aromatic heterocycles. The third kappa shape index (κ3) is 4.38. The van der Waals surface area contributed by atoms with Crippen molar-refractivity contribution in [1.29, 1.82) is 0 Å². The number of carbonyl (C=O) groups excluding carboxylic acids is 2. The smallest absolute Gasteiger partial charge is 0.318 e. The summed E-state index contributed by atoms with van der Waals surface area (Å²) in [4.78, 5) is 24.5. The number of fused-ring (bicyclic) bond motifs is 1. The molecule has 1 aliphatic carbocycles. The largest absolute Gasteiger partial charge is 0.462 e. The Morgan fingerprint density at radius 3 is 2.60 bits per heavy atom. The van der Waals surface area contributed by atoms with Crippen LogP contribution in [0.25, 0.3) is 10.8 Å². The van der Waals surface area contributed by atoms with Crippen LogP contribution in [0.15, 0.2) is 42.5 Å². The first-order valence-electron chi connectivity index (χ1n) is 9.10. The molecule has 2 aromatic rings. The van der Waals surface area contributed by atoms with Crippen molar-refractivity contribution in [3.05, 3.63) is 48.0 Å². The monoisotopic (exact) mass is 339 g/mol. The summed E-state index contributed by atoms with van der Waals surface area (Å²) in [5.41, 5.74) is 1.04. The van der Waals surface area contributed by atoms with E-state index in [1.807, 2.05) is 42.5 Å². The molecule has 2 aromatic carbocycles. The number of amides is 1. The van der Waals surface area contributed by atoms with Gasteiger partial charge in [-0.15, -0.1) is 0 Å². The summed E-state index contributed by atoms with van der Waals surface area (Å²) in [6.45, 7) is 2.02. The highest BCUT2D eigenvalue weighted by atomic mass is 16.5. The molecule has 1 fully saturated rings. The predicted molar refractivity (Wildman–Crippen MR) is 97.9 cm³/mol. The highest BCUT2D eigenvalue weighted by molar-refractivity contribution is 5.97. The fourth-order valence-corrected chi connectivity index (χ4v) is 3.34. The number of benzene rings is 2. The molecule has 4 nitrogen and oxygen atoms in total. The SMILES string of the molecule is CC(C(=O)NCc1cccc2ccccc12)C(=O)OC1CCCCC1. The average Bonchev–Trinajstić information content (AvgIpc) is 2.66. The lowest BCUT2D eigenvalue weighted by atomic mass is 9.97. The molecule has 0 saturated heterocycles. The normalized spacial score (nSPS) is 16.4. The first kappa shape index (κ1) is 17.5. The minimum atomic E-state index is -0.781. The van der Waals surface area contributed by atoms with Crippen LogP contribution in [-0.4, -0.2) is 18.0 Å². The predicted octanol–water partition coefficient (Wildman–Crippen LogP) is 3.97. The Morgan fingerprint density at radius 2 is 1.80 bits per heavy atom. The summed E-state index contributed by atoms with van der Waals surface area (Å²) in [6, 6.07) is 14.1. The van der Waals surface area contributed by atoms with Crippen LogP contribution >= 0.6 is 0 Å². The lowest BCUT2D eigenvalue weighted by Crippen LogP contribution is -2.36. The maximum absolute atomic E-state index is 12.3. The lowest BCUT2D eigenvalue weighted by Gasteiger charge is -2.23. The molecule has 3 rings (SSSR count). The average molecular weight is 339 g/mol. The van der Waals surface area contributed by atoms with E-state index in [9.17, 15) is 9.59 Å². The van der Waals surface area contributed by atoms with E-state index in [-0.39, 0.29) is 12.0 Å². The maximum Gasteiger partial charge on any atom is 0.318 e. The van der Waals surface area contributed by atoms with Gasteiger partial charge in [-0.1, -0.05) is 48.9 Å². The van der Waals surface area contributed by atoms with Crippen molar-refractivity contribution in [2.24, 2.45) is 5.92 Å². The van der Waals surface area contributed by atoms with E-state index in [0.717, 1.165) is 42.0 Å². The van der Waals surface area contributed by atoms with Gasteiger partial charge in [0, 0.05) is 6.54 Å². The van der Waals surface area contributed by atoms with Crippen molar-refractivity contribution in [2.45, 2.75) is 51.7 Å². The Kier molecular flexibility index (Phi) is 5.69. The fraction of sp³-hybridized carbons (Fsp3) is 0.429. The topological polar surface area (TPSA) is 55.4 Å². The van der Waals surface area contributed by atoms with Crippen molar-refractivity contribution < 1.29 is 14.3 Å². The van der Waals surface area contributed by atoms with Gasteiger partial charge < -0.3 is 10.1 Å². The third-order valence-electron chi connectivity index (χ3n) is 4.91. The van der Waals surface area contributed by atoms with E-state index in [4.69, 9.17) is 4.74 Å². The van der Waals surface area contributed by atoms with Gasteiger partial charge in [0.05, 0.1) is 0 Å². The molecule has 132 valence electrons. The van der Waals surface area contributed by atoms with Crippen molar-refractivity contribution >= 4 is 22.6 Å². The quantitative estimate of drug-likeness (QED) is 0.662. The highest BCUT2D eigenvalue weighted by Crippen LogP contribution is 2.21. The molecular weight excluding hydrogens is 314 g/mol. The minimum absolute atomic E-state index is 0.0189. The van der Waals surface area contributed by atoms with Gasteiger partial charge in [0.1, 0.15) is 12.0 Å². The summed E-state index contributed by atoms with van der Waals surface area (Å²) >= 11 is 0. The highest BCUT2D eigenvalue weighted by Gasteiger charge is 2.26. The van der Waals surface area contributed by atoms with Gasteiger partial charge in [-0.2, -0.15) is 0 Å². The molecule has 1 amide bonds. The first-order valence-corrected chi connectivity index (χ1v) is 9.10. The van der Waals surface area contributed by atoms with Crippen molar-refractivity contribution in [3.8, 4) is 0 Å². The molecule has 0 radical (unpaired) electrons. The van der Waals surface area contributed by atoms with Crippen LogP contribution in [0.2, 0.25) is 0 Å². The van der Waals surface area contributed by atoms with Gasteiger partial charge in [-0.05, 0) is 48.9 Å². The number of carbonyl (C=O) groups is 2. The summed E-state index contributed by atoms with van der Waals surface area (Å²) in [7, 11) is 0. The van der Waals surface area contributed by atoms with E-state index < -0.39 is 11.9 Å². The molecule has 0 spiro atoms. The Hall–Kier alpha value is -2.36. The number of nitrogens with one attached hydrogen (secondary N) is 1. The molecule has 1 atom stereocenters. The fourth-order valence-electron chi connectivity index (χ4n) is 3.34. The zero-order chi connectivity index (χ0) is 17.6. The van der Waals surface area contributed by atoms with Crippen molar-refractivity contribution in [3.63, 3.8) is 0 Å². The second-order valence-corrected chi connectivity index (χ2v) is 6.77. The van der Waals surface area contributed by atoms with Crippen LogP contribution in [0.1, 0.15) is 44.6 Å². The van der Waals surface area contributed by atoms with Crippen LogP contribution in [0.3, 0.4) is 0 Å². The third-order valence-corrected chi connectivity index (χ3v) is 4.91. The van der Waals surface area contributed by atoms with Gasteiger partial charge in [0.2, 0.25) is 5.91 Å². The molecule has 0 bridgehead atoms. The molecular formula is C21H25NO3. The van der Waals surface area contributed by atoms with E-state index in [2.05, 4.69) is 5.32 Å². The van der Waals surface area contributed by atoms with E-state index in [1.165, 1.54) is 6.42 Å². The van der Waals surface area contributed by atoms with Gasteiger partial charge in [0.15, 0.2) is 0 Å². The van der Waals surface area contributed by atoms with Gasteiger partial charge in [0.25, 0.3) is 0 Å². The van der Waals surface area contributed by atoms with Crippen molar-refractivity contribution in [2.75, 3.05) is 0 Å². The molecule has 4 heteroatoms. The van der Waals surface area contributed by atoms with E-state index >= 15 is 0 Å². The Bertz CT molecular complexity index is 744. The Labute approximate surface area is 148 Å². The van der Waals surface area contributed by atoms with Crippen LogP contribution in [-0.2, 0) is 20.9 Å². The first-order chi connectivity index (χ1) is 12.1. The minimum Gasteiger partial charge on any atom is -0.462 e. The molecule has 25 heavy (non-hydrogen) atoms. The standard InChI is InChI=1S/C21H25NO3/c1-15(21(24)25-18-11-3-2-4-12-18)20(23)22-14-17-10-7-9-16-8-5-6-13-19(16)17/h5-10,13,15,18H,2-4,11-12,14H2,1H3,(H,22,23). The summed E-state index contributed by atoms with van der Waals surface area (Å²) in [5, 5.41) is 5.12. The second-order valence-electron chi connectivity index (χ2n) is 6.77. The molecule has 0 heterocycles. The van der Waals surface area contributed by atoms with Gasteiger partial charge in [-0.3, -0.25) is 9.59 Å². The van der Waals surface area contributed by atoms with Crippen molar-refractivity contribution in [1.82, 2.24) is 5.32 Å². The Balaban J connectivity index is 1.56. The van der Waals surface area contributed by atoms with E-state index in [1.54, 1.807) is 6.92 Å². The number of ether oxygens (including phenoxy) is 1. The molecule has 1 unspecified atom stereocenters. The second kappa shape index (κ2) is 8.15. The van der Waals surface area contributed by atoms with E-state index in [0.29, 0.717) is 6.54 Å². The zero-order valence-corrected chi connectivity index (χ0v) is 14.7. The number of hydrogen-bond acceptors (Lipinski definition) is 3. The number of rotatable bonds is 5. The zero-order valence-electron chi connectivity index (χ0n) is 14.7. The molecule has 1 N–H and O–H groups in total. The molecule has 0 aliphatic heterocycles.